The van der Waals surface area contributed by atoms with Crippen molar-refractivity contribution in [1.82, 2.24) is 25.4 Å². The maximum atomic E-state index is 5.92. The van der Waals surface area contributed by atoms with Crippen LogP contribution in [0.2, 0.25) is 0 Å². The molecule has 7 nitrogen and oxygen atoms in total. The first-order chi connectivity index (χ1) is 14.8. The van der Waals surface area contributed by atoms with Crippen LogP contribution in [0, 0.1) is 0 Å². The second-order valence-corrected chi connectivity index (χ2v) is 6.79. The molecule has 0 radical (unpaired) electrons. The molecular weight excluding hydrogens is 376 g/mol. The van der Waals surface area contributed by atoms with E-state index in [2.05, 4.69) is 51.4 Å². The maximum Gasteiger partial charge on any atom is 0.191 e. The zero-order valence-corrected chi connectivity index (χ0v) is 17.7. The minimum Gasteiger partial charge on any atom is -0.489 e. The Labute approximate surface area is 178 Å². The van der Waals surface area contributed by atoms with Crippen LogP contribution in [-0.2, 0) is 26.1 Å². The van der Waals surface area contributed by atoms with E-state index >= 15 is 0 Å². The number of guanidine groups is 1. The summed E-state index contributed by atoms with van der Waals surface area (Å²) in [6, 6.07) is 18.1. The molecule has 3 aromatic rings. The largest absolute Gasteiger partial charge is 0.489 e. The number of ether oxygens (including phenoxy) is 1. The Bertz CT molecular complexity index is 922. The zero-order valence-electron chi connectivity index (χ0n) is 17.7. The monoisotopic (exact) mass is 406 g/mol. The van der Waals surface area contributed by atoms with Crippen LogP contribution in [0.15, 0.2) is 65.9 Å². The van der Waals surface area contributed by atoms with E-state index < -0.39 is 0 Å². The first kappa shape index (κ1) is 21.4. The molecule has 2 aromatic carbocycles. The van der Waals surface area contributed by atoms with Crippen molar-refractivity contribution in [3.8, 4) is 5.75 Å². The number of aryl methyl sites for hydroxylation is 1. The molecule has 0 saturated heterocycles. The molecule has 158 valence electrons. The van der Waals surface area contributed by atoms with E-state index in [0.717, 1.165) is 54.7 Å². The number of hydrogen-bond donors (Lipinski definition) is 2. The average molecular weight is 407 g/mol. The van der Waals surface area contributed by atoms with Crippen molar-refractivity contribution < 1.29 is 4.74 Å². The van der Waals surface area contributed by atoms with E-state index in [0.29, 0.717) is 13.2 Å². The lowest BCUT2D eigenvalue weighted by molar-refractivity contribution is 0.305. The van der Waals surface area contributed by atoms with E-state index in [1.807, 2.05) is 42.5 Å². The molecule has 1 heterocycles. The zero-order chi connectivity index (χ0) is 21.0. The van der Waals surface area contributed by atoms with E-state index in [-0.39, 0.29) is 0 Å². The van der Waals surface area contributed by atoms with Crippen LogP contribution in [-0.4, -0.2) is 33.8 Å². The number of aromatic nitrogens is 3. The van der Waals surface area contributed by atoms with Gasteiger partial charge in [0.05, 0.1) is 6.54 Å². The number of aliphatic imine (C=N–C) groups is 1. The summed E-state index contributed by atoms with van der Waals surface area (Å²) in [5, 5.41) is 14.8. The number of nitrogens with one attached hydrogen (secondary N) is 2. The molecule has 0 spiro atoms. The molecule has 30 heavy (non-hydrogen) atoms. The molecule has 1 aromatic heterocycles. The Morgan fingerprint density at radius 2 is 1.77 bits per heavy atom. The van der Waals surface area contributed by atoms with Crippen LogP contribution in [0.3, 0.4) is 0 Å². The number of para-hydroxylation sites is 1. The summed E-state index contributed by atoms with van der Waals surface area (Å²) in [6.45, 7) is 7.59. The molecule has 0 atom stereocenters. The molecule has 0 fully saturated rings. The van der Waals surface area contributed by atoms with E-state index in [1.165, 1.54) is 0 Å². The van der Waals surface area contributed by atoms with E-state index in [1.54, 1.807) is 6.33 Å². The summed E-state index contributed by atoms with van der Waals surface area (Å²) >= 11 is 0. The molecule has 0 aliphatic rings. The molecule has 3 rings (SSSR count). The minimum atomic E-state index is 0.521. The molecule has 0 aliphatic carbocycles. The van der Waals surface area contributed by atoms with Gasteiger partial charge in [-0.25, -0.2) is 4.99 Å². The fourth-order valence-electron chi connectivity index (χ4n) is 3.07. The van der Waals surface area contributed by atoms with E-state index in [9.17, 15) is 0 Å². The SMILES string of the molecule is CCNC(=NCc1ccccc1COc1ccccc1)NCCn1cnnc1CC. The van der Waals surface area contributed by atoms with Crippen LogP contribution >= 0.6 is 0 Å². The van der Waals surface area contributed by atoms with E-state index in [4.69, 9.17) is 9.73 Å². The highest BCUT2D eigenvalue weighted by Gasteiger charge is 2.05. The molecule has 0 saturated carbocycles. The first-order valence-corrected chi connectivity index (χ1v) is 10.4. The fraction of sp³-hybridized carbons (Fsp3) is 0.348. The van der Waals surface area contributed by atoms with Crippen molar-refractivity contribution in [2.24, 2.45) is 4.99 Å². The third kappa shape index (κ3) is 6.34. The number of nitrogens with zero attached hydrogens (tertiary/aromatic N) is 4. The molecule has 0 amide bonds. The van der Waals surface area contributed by atoms with Crippen molar-refractivity contribution in [2.75, 3.05) is 13.1 Å². The topological polar surface area (TPSA) is 76.4 Å². The highest BCUT2D eigenvalue weighted by atomic mass is 16.5. The summed E-state index contributed by atoms with van der Waals surface area (Å²) in [7, 11) is 0. The Kier molecular flexibility index (Phi) is 8.26. The summed E-state index contributed by atoms with van der Waals surface area (Å²) in [5.74, 6) is 2.65. The van der Waals surface area contributed by atoms with Gasteiger partial charge >= 0.3 is 0 Å². The predicted octanol–water partition coefficient (Wildman–Crippen LogP) is 3.17. The third-order valence-electron chi connectivity index (χ3n) is 4.66. The molecular formula is C23H30N6O. The van der Waals surface area contributed by atoms with Crippen molar-refractivity contribution in [3.63, 3.8) is 0 Å². The Hall–Kier alpha value is -3.35. The predicted molar refractivity (Wildman–Crippen MR) is 119 cm³/mol. The van der Waals surface area contributed by atoms with Gasteiger partial charge in [0.2, 0.25) is 0 Å². The van der Waals surface area contributed by atoms with Crippen LogP contribution in [0.5, 0.6) is 5.75 Å². The second kappa shape index (κ2) is 11.6. The normalized spacial score (nSPS) is 11.3. The van der Waals surface area contributed by atoms with Gasteiger partial charge < -0.3 is 19.9 Å². The highest BCUT2D eigenvalue weighted by molar-refractivity contribution is 5.79. The molecule has 7 heteroatoms. The summed E-state index contributed by atoms with van der Waals surface area (Å²) in [4.78, 5) is 4.76. The van der Waals surface area contributed by atoms with Gasteiger partial charge in [-0.15, -0.1) is 10.2 Å². The molecule has 0 bridgehead atoms. The van der Waals surface area contributed by atoms with Crippen LogP contribution in [0.25, 0.3) is 0 Å². The van der Waals surface area contributed by atoms with Gasteiger partial charge in [-0.05, 0) is 30.2 Å². The molecule has 0 unspecified atom stereocenters. The van der Waals surface area contributed by atoms with Gasteiger partial charge in [-0.2, -0.15) is 0 Å². The molecule has 0 aliphatic heterocycles. The van der Waals surface area contributed by atoms with Crippen LogP contribution in [0.1, 0.15) is 30.8 Å². The lowest BCUT2D eigenvalue weighted by Crippen LogP contribution is -2.39. The van der Waals surface area contributed by atoms with Crippen molar-refractivity contribution >= 4 is 5.96 Å². The summed E-state index contributed by atoms with van der Waals surface area (Å²) < 4.78 is 7.98. The first-order valence-electron chi connectivity index (χ1n) is 10.4. The molecule has 2 N–H and O–H groups in total. The third-order valence-corrected chi connectivity index (χ3v) is 4.66. The second-order valence-electron chi connectivity index (χ2n) is 6.79. The van der Waals surface area contributed by atoms with Crippen LogP contribution in [0.4, 0.5) is 0 Å². The van der Waals surface area contributed by atoms with Crippen molar-refractivity contribution in [2.45, 2.75) is 40.0 Å². The Morgan fingerprint density at radius 3 is 2.53 bits per heavy atom. The number of benzene rings is 2. The fourth-order valence-corrected chi connectivity index (χ4v) is 3.07. The van der Waals surface area contributed by atoms with Gasteiger partial charge in [0.15, 0.2) is 5.96 Å². The Morgan fingerprint density at radius 1 is 1.00 bits per heavy atom. The average Bonchev–Trinajstić information content (AvgIpc) is 3.25. The Balaban J connectivity index is 1.58. The van der Waals surface area contributed by atoms with Gasteiger partial charge in [-0.3, -0.25) is 0 Å². The van der Waals surface area contributed by atoms with Crippen molar-refractivity contribution in [1.29, 1.82) is 0 Å². The quantitative estimate of drug-likeness (QED) is 0.399. The minimum absolute atomic E-state index is 0.521. The van der Waals surface area contributed by atoms with Gasteiger partial charge in [0.25, 0.3) is 0 Å². The number of hydrogen-bond acceptors (Lipinski definition) is 4. The smallest absolute Gasteiger partial charge is 0.191 e. The van der Waals surface area contributed by atoms with Gasteiger partial charge in [0.1, 0.15) is 24.5 Å². The summed E-state index contributed by atoms with van der Waals surface area (Å²) in [6.07, 6.45) is 2.64. The highest BCUT2D eigenvalue weighted by Crippen LogP contribution is 2.15. The van der Waals surface area contributed by atoms with Gasteiger partial charge in [0, 0.05) is 26.1 Å². The summed E-state index contributed by atoms with van der Waals surface area (Å²) in [5.41, 5.74) is 2.29. The standard InChI is InChI=1S/C23H30N6O/c1-3-22-28-27-18-29(22)15-14-25-23(24-4-2)26-16-19-10-8-9-11-20(19)17-30-21-12-6-5-7-13-21/h5-13,18H,3-4,14-17H2,1-2H3,(H2,24,25,26). The maximum absolute atomic E-state index is 5.92. The lowest BCUT2D eigenvalue weighted by Gasteiger charge is -2.13. The van der Waals surface area contributed by atoms with Crippen molar-refractivity contribution in [3.05, 3.63) is 77.9 Å². The lowest BCUT2D eigenvalue weighted by atomic mass is 10.1. The van der Waals surface area contributed by atoms with Crippen LogP contribution < -0.4 is 15.4 Å². The van der Waals surface area contributed by atoms with Gasteiger partial charge in [-0.1, -0.05) is 49.4 Å². The number of rotatable bonds is 10.